The lowest BCUT2D eigenvalue weighted by atomic mass is 10.0. The summed E-state index contributed by atoms with van der Waals surface area (Å²) in [6, 6.07) is 13.5. The highest BCUT2D eigenvalue weighted by Gasteiger charge is 2.30. The fourth-order valence-corrected chi connectivity index (χ4v) is 4.36. The zero-order chi connectivity index (χ0) is 25.5. The van der Waals surface area contributed by atoms with Gasteiger partial charge in [-0.1, -0.05) is 38.1 Å². The number of likely N-dealkylation sites (N-methyl/N-ethyl adjacent to an activating group) is 1. The van der Waals surface area contributed by atoms with Crippen molar-refractivity contribution in [3.63, 3.8) is 0 Å². The van der Waals surface area contributed by atoms with Gasteiger partial charge in [0.15, 0.2) is 0 Å². The first-order valence-electron chi connectivity index (χ1n) is 11.3. The molecule has 0 bridgehead atoms. The third-order valence-corrected chi connectivity index (χ3v) is 6.67. The van der Waals surface area contributed by atoms with E-state index in [2.05, 4.69) is 5.32 Å². The van der Waals surface area contributed by atoms with Gasteiger partial charge in [-0.25, -0.2) is 8.42 Å². The monoisotopic (exact) mass is 489 g/mol. The predicted octanol–water partition coefficient (Wildman–Crippen LogP) is 3.14. The number of ether oxygens (including phenoxy) is 1. The number of anilines is 1. The Morgan fingerprint density at radius 2 is 1.71 bits per heavy atom. The topological polar surface area (TPSA) is 96.0 Å². The molecule has 1 atom stereocenters. The van der Waals surface area contributed by atoms with E-state index in [1.165, 1.54) is 4.90 Å². The molecule has 0 saturated heterocycles. The van der Waals surface area contributed by atoms with Crippen LogP contribution in [0.25, 0.3) is 0 Å². The molecule has 1 N–H and O–H groups in total. The van der Waals surface area contributed by atoms with E-state index in [0.29, 0.717) is 23.9 Å². The molecule has 0 aliphatic carbocycles. The van der Waals surface area contributed by atoms with Gasteiger partial charge in [-0.2, -0.15) is 0 Å². The molecule has 2 rings (SSSR count). The van der Waals surface area contributed by atoms with Crippen molar-refractivity contribution in [2.75, 3.05) is 30.8 Å². The fraction of sp³-hybridized carbons (Fsp3) is 0.440. The molecule has 2 aromatic carbocycles. The molecule has 34 heavy (non-hydrogen) atoms. The maximum Gasteiger partial charge on any atom is 0.244 e. The molecule has 0 aliphatic rings. The molecule has 0 aliphatic heterocycles. The van der Waals surface area contributed by atoms with Gasteiger partial charge >= 0.3 is 0 Å². The van der Waals surface area contributed by atoms with Crippen LogP contribution in [0.3, 0.4) is 0 Å². The lowest BCUT2D eigenvalue weighted by Crippen LogP contribution is -2.51. The van der Waals surface area contributed by atoms with Crippen LogP contribution in [0, 0.1) is 0 Å². The summed E-state index contributed by atoms with van der Waals surface area (Å²) < 4.78 is 31.6. The van der Waals surface area contributed by atoms with Gasteiger partial charge in [0.05, 0.1) is 19.1 Å². The Labute approximate surface area is 202 Å². The summed E-state index contributed by atoms with van der Waals surface area (Å²) in [5, 5.41) is 2.73. The summed E-state index contributed by atoms with van der Waals surface area (Å²) in [7, 11) is -2.20. The molecular formula is C25H35N3O5S. The number of amides is 2. The third kappa shape index (κ3) is 7.21. The molecule has 0 heterocycles. The summed E-state index contributed by atoms with van der Waals surface area (Å²) in [5.74, 6) is 0.114. The molecule has 0 unspecified atom stereocenters. The lowest BCUT2D eigenvalue weighted by molar-refractivity contribution is -0.139. The Kier molecular flexibility index (Phi) is 9.49. The van der Waals surface area contributed by atoms with Crippen LogP contribution >= 0.6 is 0 Å². The summed E-state index contributed by atoms with van der Waals surface area (Å²) in [6.07, 6.45) is 1.07. The van der Waals surface area contributed by atoms with Crippen molar-refractivity contribution < 1.29 is 22.7 Å². The summed E-state index contributed by atoms with van der Waals surface area (Å²) >= 11 is 0. The number of nitrogens with one attached hydrogen (secondary N) is 1. The highest BCUT2D eigenvalue weighted by molar-refractivity contribution is 7.92. The molecule has 8 nitrogen and oxygen atoms in total. The molecular weight excluding hydrogens is 454 g/mol. The number of nitrogens with zero attached hydrogens (tertiary/aromatic N) is 2. The molecule has 0 aromatic heterocycles. The summed E-state index contributed by atoms with van der Waals surface area (Å²) in [5.41, 5.74) is 2.22. The van der Waals surface area contributed by atoms with Crippen molar-refractivity contribution in [2.24, 2.45) is 0 Å². The van der Waals surface area contributed by atoms with Crippen LogP contribution in [-0.2, 0) is 26.2 Å². The zero-order valence-electron chi connectivity index (χ0n) is 20.7. The Balaban J connectivity index is 2.38. The zero-order valence-corrected chi connectivity index (χ0v) is 21.6. The smallest absolute Gasteiger partial charge is 0.244 e. The van der Waals surface area contributed by atoms with Crippen molar-refractivity contribution in [1.29, 1.82) is 0 Å². The molecule has 2 amide bonds. The average molecular weight is 490 g/mol. The minimum Gasteiger partial charge on any atom is -0.497 e. The molecule has 0 fully saturated rings. The standard InChI is InChI=1S/C25H35N3O5S/c1-7-26-25(30)19(4)27(16-20-9-8-10-23(15-20)33-5)24(29)17-28(34(6,31)32)22-13-11-21(12-14-22)18(2)3/h8-15,18-19H,7,16-17H2,1-6H3,(H,26,30)/t19-/m0/s1. The van der Waals surface area contributed by atoms with Crippen molar-refractivity contribution in [3.8, 4) is 5.75 Å². The van der Waals surface area contributed by atoms with E-state index in [9.17, 15) is 18.0 Å². The number of methoxy groups -OCH3 is 1. The van der Waals surface area contributed by atoms with Gasteiger partial charge in [0.25, 0.3) is 0 Å². The predicted molar refractivity (Wildman–Crippen MR) is 134 cm³/mol. The van der Waals surface area contributed by atoms with Crippen LogP contribution in [0.4, 0.5) is 5.69 Å². The minimum absolute atomic E-state index is 0.123. The van der Waals surface area contributed by atoms with Gasteiger partial charge in [-0.15, -0.1) is 0 Å². The second-order valence-corrected chi connectivity index (χ2v) is 10.4. The van der Waals surface area contributed by atoms with Gasteiger partial charge in [-0.3, -0.25) is 13.9 Å². The first kappa shape index (κ1) is 27.2. The van der Waals surface area contributed by atoms with Crippen LogP contribution in [0.15, 0.2) is 48.5 Å². The SMILES string of the molecule is CCNC(=O)[C@H](C)N(Cc1cccc(OC)c1)C(=O)CN(c1ccc(C(C)C)cc1)S(C)(=O)=O. The van der Waals surface area contributed by atoms with Crippen LogP contribution in [0.5, 0.6) is 5.75 Å². The summed E-state index contributed by atoms with van der Waals surface area (Å²) in [4.78, 5) is 27.5. The van der Waals surface area contributed by atoms with Crippen molar-refractivity contribution in [2.45, 2.75) is 46.2 Å². The summed E-state index contributed by atoms with van der Waals surface area (Å²) in [6.45, 7) is 7.64. The van der Waals surface area contributed by atoms with Crippen molar-refractivity contribution >= 4 is 27.5 Å². The quantitative estimate of drug-likeness (QED) is 0.523. The van der Waals surface area contributed by atoms with Gasteiger partial charge in [0, 0.05) is 13.1 Å². The van der Waals surface area contributed by atoms with E-state index in [0.717, 1.165) is 21.7 Å². The van der Waals surface area contributed by atoms with Crippen LogP contribution in [0.2, 0.25) is 0 Å². The van der Waals surface area contributed by atoms with E-state index in [1.807, 2.05) is 32.0 Å². The van der Waals surface area contributed by atoms with Crippen LogP contribution in [0.1, 0.15) is 44.7 Å². The second kappa shape index (κ2) is 11.9. The minimum atomic E-state index is -3.75. The van der Waals surface area contributed by atoms with Crippen LogP contribution in [-0.4, -0.2) is 57.6 Å². The van der Waals surface area contributed by atoms with E-state index >= 15 is 0 Å². The van der Waals surface area contributed by atoms with Gasteiger partial charge in [-0.05, 0) is 55.2 Å². The number of hydrogen-bond acceptors (Lipinski definition) is 5. The number of benzene rings is 2. The molecule has 9 heteroatoms. The number of sulfonamides is 1. The van der Waals surface area contributed by atoms with Crippen molar-refractivity contribution in [3.05, 3.63) is 59.7 Å². The van der Waals surface area contributed by atoms with Gasteiger partial charge in [0.2, 0.25) is 21.8 Å². The van der Waals surface area contributed by atoms with Gasteiger partial charge < -0.3 is 15.0 Å². The first-order valence-corrected chi connectivity index (χ1v) is 13.1. The average Bonchev–Trinajstić information content (AvgIpc) is 2.80. The second-order valence-electron chi connectivity index (χ2n) is 8.46. The fourth-order valence-electron chi connectivity index (χ4n) is 3.51. The Morgan fingerprint density at radius 3 is 2.24 bits per heavy atom. The largest absolute Gasteiger partial charge is 0.497 e. The van der Waals surface area contributed by atoms with E-state index in [-0.39, 0.29) is 12.5 Å². The number of carbonyl (C=O) groups excluding carboxylic acids is 2. The number of carbonyl (C=O) groups is 2. The highest BCUT2D eigenvalue weighted by Crippen LogP contribution is 2.23. The maximum absolute atomic E-state index is 13.5. The van der Waals surface area contributed by atoms with E-state index in [1.54, 1.807) is 51.3 Å². The van der Waals surface area contributed by atoms with Crippen LogP contribution < -0.4 is 14.4 Å². The molecule has 0 spiro atoms. The molecule has 0 radical (unpaired) electrons. The number of hydrogen-bond donors (Lipinski definition) is 1. The van der Waals surface area contributed by atoms with Crippen molar-refractivity contribution in [1.82, 2.24) is 10.2 Å². The van der Waals surface area contributed by atoms with E-state index < -0.39 is 28.5 Å². The van der Waals surface area contributed by atoms with E-state index in [4.69, 9.17) is 4.74 Å². The third-order valence-electron chi connectivity index (χ3n) is 5.53. The molecule has 2 aromatic rings. The normalized spacial score (nSPS) is 12.2. The maximum atomic E-state index is 13.5. The molecule has 0 saturated carbocycles. The highest BCUT2D eigenvalue weighted by atomic mass is 32.2. The Morgan fingerprint density at radius 1 is 1.06 bits per heavy atom. The van der Waals surface area contributed by atoms with Gasteiger partial charge in [0.1, 0.15) is 18.3 Å². The first-order chi connectivity index (χ1) is 16.0. The Bertz CT molecular complexity index is 1080. The number of rotatable bonds is 11. The lowest BCUT2D eigenvalue weighted by Gasteiger charge is -2.31. The Hall–Kier alpha value is -3.07. The molecule has 186 valence electrons.